The Balaban J connectivity index is 2.02. The molecule has 11 heteroatoms. The van der Waals surface area contributed by atoms with Crippen molar-refractivity contribution in [2.45, 2.75) is 38.7 Å². The zero-order chi connectivity index (χ0) is 23.0. The molecule has 0 aliphatic rings. The molecule has 168 valence electrons. The third-order valence-corrected chi connectivity index (χ3v) is 4.19. The van der Waals surface area contributed by atoms with E-state index in [1.54, 1.807) is 13.8 Å². The van der Waals surface area contributed by atoms with E-state index < -0.39 is 29.9 Å². The Kier molecular flexibility index (Phi) is 8.49. The molecule has 0 fully saturated rings. The van der Waals surface area contributed by atoms with Gasteiger partial charge in [-0.15, -0.1) is 0 Å². The molecular weight excluding hydrogens is 443 g/mol. The smallest absolute Gasteiger partial charge is 0.417 e. The first-order valence-corrected chi connectivity index (χ1v) is 9.43. The molecule has 2 rings (SSSR count). The molecule has 7 nitrogen and oxygen atoms in total. The second-order valence-corrected chi connectivity index (χ2v) is 6.59. The van der Waals surface area contributed by atoms with Gasteiger partial charge in [0.15, 0.2) is 0 Å². The van der Waals surface area contributed by atoms with Gasteiger partial charge in [-0.05, 0) is 44.2 Å². The van der Waals surface area contributed by atoms with Crippen molar-refractivity contribution in [2.24, 2.45) is 0 Å². The fourth-order valence-corrected chi connectivity index (χ4v) is 2.63. The number of nitrogens with zero attached hydrogens (tertiary/aromatic N) is 1. The van der Waals surface area contributed by atoms with Crippen molar-refractivity contribution in [3.05, 3.63) is 47.1 Å². The number of alkyl halides is 3. The minimum Gasteiger partial charge on any atom is -0.487 e. The standard InChI is InChI=1S/C20H19ClF3NO6/c1-3-28-18(27)9-17(29-11-26)12(2)30-14-4-6-15(7-5-14)31-19-16(21)8-13(10-25-19)20(22,23)24/h4-8,10-12,17H,3,9H2,1-2H3. The number of halogens is 4. The van der Waals surface area contributed by atoms with Crippen molar-refractivity contribution in [3.63, 3.8) is 0 Å². The third kappa shape index (κ3) is 7.32. The zero-order valence-electron chi connectivity index (χ0n) is 16.5. The summed E-state index contributed by atoms with van der Waals surface area (Å²) >= 11 is 5.82. The van der Waals surface area contributed by atoms with Crippen LogP contribution in [0.25, 0.3) is 0 Å². The number of benzene rings is 1. The molecule has 1 heterocycles. The molecule has 0 spiro atoms. The third-order valence-electron chi connectivity index (χ3n) is 3.92. The van der Waals surface area contributed by atoms with Crippen LogP contribution < -0.4 is 9.47 Å². The van der Waals surface area contributed by atoms with Gasteiger partial charge in [0.2, 0.25) is 5.88 Å². The Morgan fingerprint density at radius 1 is 1.23 bits per heavy atom. The molecule has 1 aromatic carbocycles. The van der Waals surface area contributed by atoms with Crippen LogP contribution in [0.5, 0.6) is 17.4 Å². The minimum atomic E-state index is -4.57. The molecule has 0 amide bonds. The van der Waals surface area contributed by atoms with E-state index in [1.165, 1.54) is 24.3 Å². The number of aromatic nitrogens is 1. The van der Waals surface area contributed by atoms with Gasteiger partial charge in [-0.1, -0.05) is 11.6 Å². The van der Waals surface area contributed by atoms with Gasteiger partial charge in [0.1, 0.15) is 28.7 Å². The number of hydrogen-bond donors (Lipinski definition) is 0. The lowest BCUT2D eigenvalue weighted by molar-refractivity contribution is -0.151. The topological polar surface area (TPSA) is 84.0 Å². The summed E-state index contributed by atoms with van der Waals surface area (Å²) in [5.41, 5.74) is -0.988. The van der Waals surface area contributed by atoms with Crippen LogP contribution in [0, 0.1) is 0 Å². The van der Waals surface area contributed by atoms with E-state index in [-0.39, 0.29) is 36.2 Å². The minimum absolute atomic E-state index is 0.174. The van der Waals surface area contributed by atoms with Gasteiger partial charge in [0.25, 0.3) is 6.47 Å². The maximum atomic E-state index is 12.7. The molecule has 0 saturated carbocycles. The second-order valence-electron chi connectivity index (χ2n) is 6.19. The van der Waals surface area contributed by atoms with Crippen molar-refractivity contribution in [2.75, 3.05) is 6.61 Å². The first-order chi connectivity index (χ1) is 14.6. The van der Waals surface area contributed by atoms with Crippen LogP contribution in [0.15, 0.2) is 36.5 Å². The monoisotopic (exact) mass is 461 g/mol. The van der Waals surface area contributed by atoms with Crippen LogP contribution >= 0.6 is 11.6 Å². The van der Waals surface area contributed by atoms with Crippen LogP contribution in [-0.4, -0.2) is 36.2 Å². The van der Waals surface area contributed by atoms with E-state index in [1.807, 2.05) is 0 Å². The molecule has 0 aliphatic heterocycles. The molecule has 2 aromatic rings. The number of carbonyl (C=O) groups excluding carboxylic acids is 2. The highest BCUT2D eigenvalue weighted by Gasteiger charge is 2.32. The summed E-state index contributed by atoms with van der Waals surface area (Å²) in [6.45, 7) is 3.69. The van der Waals surface area contributed by atoms with Crippen LogP contribution in [0.2, 0.25) is 5.02 Å². The van der Waals surface area contributed by atoms with E-state index in [4.69, 9.17) is 30.5 Å². The van der Waals surface area contributed by atoms with Crippen molar-refractivity contribution < 1.29 is 41.7 Å². The number of carbonyl (C=O) groups is 2. The molecule has 0 radical (unpaired) electrons. The van der Waals surface area contributed by atoms with Gasteiger partial charge in [-0.25, -0.2) is 4.98 Å². The summed E-state index contributed by atoms with van der Waals surface area (Å²) in [5.74, 6) is -0.101. The van der Waals surface area contributed by atoms with Crippen LogP contribution in [-0.2, 0) is 25.2 Å². The lowest BCUT2D eigenvalue weighted by atomic mass is 10.1. The molecule has 0 aliphatic carbocycles. The van der Waals surface area contributed by atoms with Gasteiger partial charge >= 0.3 is 12.1 Å². The lowest BCUT2D eigenvalue weighted by Crippen LogP contribution is -2.34. The fourth-order valence-electron chi connectivity index (χ4n) is 2.42. The Bertz CT molecular complexity index is 891. The first kappa shape index (κ1) is 24.3. The van der Waals surface area contributed by atoms with E-state index in [0.29, 0.717) is 11.9 Å². The highest BCUT2D eigenvalue weighted by Crippen LogP contribution is 2.35. The summed E-state index contributed by atoms with van der Waals surface area (Å²) in [6.07, 6.45) is -5.65. The van der Waals surface area contributed by atoms with E-state index in [2.05, 4.69) is 4.98 Å². The highest BCUT2D eigenvalue weighted by atomic mass is 35.5. The maximum absolute atomic E-state index is 12.7. The molecular formula is C20H19ClF3NO6. The SMILES string of the molecule is CCOC(=O)CC(OC=O)C(C)Oc1ccc(Oc2ncc(C(F)(F)F)cc2Cl)cc1. The largest absolute Gasteiger partial charge is 0.487 e. The number of rotatable bonds is 10. The highest BCUT2D eigenvalue weighted by molar-refractivity contribution is 6.31. The van der Waals surface area contributed by atoms with Crippen molar-refractivity contribution in [3.8, 4) is 17.4 Å². The van der Waals surface area contributed by atoms with Gasteiger partial charge in [0, 0.05) is 6.20 Å². The predicted octanol–water partition coefficient (Wildman–Crippen LogP) is 4.81. The zero-order valence-corrected chi connectivity index (χ0v) is 17.3. The summed E-state index contributed by atoms with van der Waals surface area (Å²) < 4.78 is 58.9. The Labute approximate surface area is 181 Å². The molecule has 0 N–H and O–H groups in total. The summed E-state index contributed by atoms with van der Waals surface area (Å²) in [7, 11) is 0. The van der Waals surface area contributed by atoms with Crippen LogP contribution in [0.3, 0.4) is 0 Å². The van der Waals surface area contributed by atoms with E-state index >= 15 is 0 Å². The molecule has 1 aromatic heterocycles. The number of hydrogen-bond acceptors (Lipinski definition) is 7. The fraction of sp³-hybridized carbons (Fsp3) is 0.350. The molecule has 0 saturated heterocycles. The van der Waals surface area contributed by atoms with Crippen molar-refractivity contribution in [1.82, 2.24) is 4.98 Å². The molecule has 2 atom stereocenters. The Morgan fingerprint density at radius 3 is 2.42 bits per heavy atom. The average Bonchev–Trinajstić information content (AvgIpc) is 2.70. The Morgan fingerprint density at radius 2 is 1.87 bits per heavy atom. The normalized spacial score (nSPS) is 13.1. The van der Waals surface area contributed by atoms with Crippen molar-refractivity contribution >= 4 is 24.0 Å². The average molecular weight is 462 g/mol. The van der Waals surface area contributed by atoms with Gasteiger partial charge in [0.05, 0.1) is 18.6 Å². The summed E-state index contributed by atoms with van der Waals surface area (Å²) in [5, 5.41) is -0.295. The Hall–Kier alpha value is -3.01. The van der Waals surface area contributed by atoms with Gasteiger partial charge in [-0.2, -0.15) is 13.2 Å². The van der Waals surface area contributed by atoms with Crippen LogP contribution in [0.1, 0.15) is 25.8 Å². The van der Waals surface area contributed by atoms with Crippen molar-refractivity contribution in [1.29, 1.82) is 0 Å². The number of ether oxygens (including phenoxy) is 4. The summed E-state index contributed by atoms with van der Waals surface area (Å²) in [6, 6.07) is 6.73. The quantitative estimate of drug-likeness (QED) is 0.371. The molecule has 31 heavy (non-hydrogen) atoms. The summed E-state index contributed by atoms with van der Waals surface area (Å²) in [4.78, 5) is 25.9. The lowest BCUT2D eigenvalue weighted by Gasteiger charge is -2.22. The molecule has 0 bridgehead atoms. The first-order valence-electron chi connectivity index (χ1n) is 9.06. The van der Waals surface area contributed by atoms with E-state index in [0.717, 1.165) is 6.07 Å². The number of esters is 1. The van der Waals surface area contributed by atoms with E-state index in [9.17, 15) is 22.8 Å². The van der Waals surface area contributed by atoms with Gasteiger partial charge in [-0.3, -0.25) is 9.59 Å². The second kappa shape index (κ2) is 10.9. The predicted molar refractivity (Wildman–Crippen MR) is 103 cm³/mol. The van der Waals surface area contributed by atoms with Gasteiger partial charge < -0.3 is 18.9 Å². The maximum Gasteiger partial charge on any atom is 0.417 e. The number of pyridine rings is 1. The van der Waals surface area contributed by atoms with Crippen LogP contribution in [0.4, 0.5) is 13.2 Å². The molecule has 2 unspecified atom stereocenters.